The van der Waals surface area contributed by atoms with Crippen LogP contribution in [0.2, 0.25) is 0 Å². The Morgan fingerprint density at radius 1 is 1.70 bits per heavy atom. The Labute approximate surface area is 60.0 Å². The van der Waals surface area contributed by atoms with Gasteiger partial charge in [0.1, 0.15) is 12.8 Å². The average molecular weight is 148 g/mol. The van der Waals surface area contributed by atoms with Gasteiger partial charge in [-0.1, -0.05) is 5.16 Å². The molecule has 0 aromatic rings. The number of nitrogens with two attached hydrogens (primary N) is 1. The first-order valence-electron chi connectivity index (χ1n) is 3.14. The SMILES string of the molecule is CC(C)=NOCC(F)CN. The molecule has 1 unspecified atom stereocenters. The predicted octanol–water partition coefficient (Wildman–Crippen LogP) is 0.696. The van der Waals surface area contributed by atoms with Crippen molar-refractivity contribution >= 4 is 5.71 Å². The molecule has 4 heteroatoms. The third-order valence-electron chi connectivity index (χ3n) is 0.758. The van der Waals surface area contributed by atoms with Gasteiger partial charge in [0.2, 0.25) is 0 Å². The summed E-state index contributed by atoms with van der Waals surface area (Å²) < 4.78 is 12.3. The second-order valence-corrected chi connectivity index (χ2v) is 2.17. The molecule has 0 spiro atoms. The maximum absolute atomic E-state index is 12.3. The molecule has 0 aliphatic heterocycles. The first-order valence-corrected chi connectivity index (χ1v) is 3.14. The van der Waals surface area contributed by atoms with Crippen molar-refractivity contribution in [1.29, 1.82) is 0 Å². The van der Waals surface area contributed by atoms with Crippen LogP contribution in [0.15, 0.2) is 5.16 Å². The lowest BCUT2D eigenvalue weighted by Crippen LogP contribution is -2.19. The summed E-state index contributed by atoms with van der Waals surface area (Å²) in [6.45, 7) is 3.48. The highest BCUT2D eigenvalue weighted by Gasteiger charge is 2.01. The number of hydrogen-bond donors (Lipinski definition) is 1. The number of oxime groups is 1. The van der Waals surface area contributed by atoms with Crippen molar-refractivity contribution in [1.82, 2.24) is 0 Å². The van der Waals surface area contributed by atoms with Crippen molar-refractivity contribution < 1.29 is 9.23 Å². The summed E-state index contributed by atoms with van der Waals surface area (Å²) in [5.74, 6) is 0. The first kappa shape index (κ1) is 9.36. The first-order chi connectivity index (χ1) is 4.66. The van der Waals surface area contributed by atoms with Gasteiger partial charge in [0.05, 0.1) is 5.71 Å². The fourth-order valence-electron chi connectivity index (χ4n) is 0.315. The Bertz CT molecular complexity index is 112. The molecule has 1 atom stereocenters. The number of alkyl halides is 1. The second-order valence-electron chi connectivity index (χ2n) is 2.17. The zero-order valence-corrected chi connectivity index (χ0v) is 6.30. The normalized spacial score (nSPS) is 12.4. The summed E-state index contributed by atoms with van der Waals surface area (Å²) in [6, 6.07) is 0. The molecule has 0 aromatic carbocycles. The van der Waals surface area contributed by atoms with Crippen LogP contribution < -0.4 is 5.73 Å². The summed E-state index contributed by atoms with van der Waals surface area (Å²) in [4.78, 5) is 4.58. The highest BCUT2D eigenvalue weighted by Crippen LogP contribution is 1.89. The molecule has 0 saturated heterocycles. The van der Waals surface area contributed by atoms with Crippen LogP contribution in [-0.4, -0.2) is 25.0 Å². The van der Waals surface area contributed by atoms with Crippen LogP contribution in [0.5, 0.6) is 0 Å². The monoisotopic (exact) mass is 148 g/mol. The molecule has 0 aliphatic carbocycles. The lowest BCUT2D eigenvalue weighted by atomic mass is 10.4. The molecule has 0 fully saturated rings. The zero-order valence-electron chi connectivity index (χ0n) is 6.30. The minimum atomic E-state index is -1.11. The highest BCUT2D eigenvalue weighted by molar-refractivity contribution is 5.78. The Hall–Kier alpha value is -0.640. The Balaban J connectivity index is 3.28. The molecule has 0 aromatic heterocycles. The van der Waals surface area contributed by atoms with E-state index in [9.17, 15) is 4.39 Å². The number of hydrogen-bond acceptors (Lipinski definition) is 3. The van der Waals surface area contributed by atoms with Crippen molar-refractivity contribution in [3.05, 3.63) is 0 Å². The van der Waals surface area contributed by atoms with Crippen LogP contribution in [0.3, 0.4) is 0 Å². The van der Waals surface area contributed by atoms with E-state index in [1.807, 2.05) is 0 Å². The van der Waals surface area contributed by atoms with Gasteiger partial charge in [-0.2, -0.15) is 0 Å². The average Bonchev–Trinajstić information content (AvgIpc) is 1.87. The summed E-state index contributed by atoms with van der Waals surface area (Å²) >= 11 is 0. The van der Waals surface area contributed by atoms with Crippen molar-refractivity contribution in [3.8, 4) is 0 Å². The van der Waals surface area contributed by atoms with E-state index in [4.69, 9.17) is 5.73 Å². The van der Waals surface area contributed by atoms with E-state index >= 15 is 0 Å². The van der Waals surface area contributed by atoms with Crippen molar-refractivity contribution in [2.24, 2.45) is 10.9 Å². The van der Waals surface area contributed by atoms with E-state index in [-0.39, 0.29) is 13.2 Å². The van der Waals surface area contributed by atoms with Gasteiger partial charge >= 0.3 is 0 Å². The van der Waals surface area contributed by atoms with Crippen LogP contribution >= 0.6 is 0 Å². The Morgan fingerprint density at radius 3 is 2.70 bits per heavy atom. The minimum absolute atomic E-state index is 0.0156. The maximum atomic E-state index is 12.3. The predicted molar refractivity (Wildman–Crippen MR) is 38.7 cm³/mol. The largest absolute Gasteiger partial charge is 0.393 e. The van der Waals surface area contributed by atoms with Gasteiger partial charge in [-0.25, -0.2) is 4.39 Å². The summed E-state index contributed by atoms with van der Waals surface area (Å²) in [6.07, 6.45) is -1.11. The molecular formula is C6H13FN2O. The van der Waals surface area contributed by atoms with Crippen LogP contribution in [0.4, 0.5) is 4.39 Å². The van der Waals surface area contributed by atoms with Gasteiger partial charge in [-0.05, 0) is 13.8 Å². The lowest BCUT2D eigenvalue weighted by Gasteiger charge is -2.02. The van der Waals surface area contributed by atoms with E-state index in [0.717, 1.165) is 5.71 Å². The third-order valence-corrected chi connectivity index (χ3v) is 0.758. The Kier molecular flexibility index (Phi) is 4.84. The van der Waals surface area contributed by atoms with Crippen LogP contribution in [0.1, 0.15) is 13.8 Å². The van der Waals surface area contributed by atoms with Crippen molar-refractivity contribution in [2.75, 3.05) is 13.2 Å². The molecule has 0 heterocycles. The van der Waals surface area contributed by atoms with Crippen LogP contribution in [0.25, 0.3) is 0 Å². The molecule has 0 aliphatic rings. The third kappa shape index (κ3) is 5.50. The van der Waals surface area contributed by atoms with Gasteiger partial charge in [-0.3, -0.25) is 0 Å². The quantitative estimate of drug-likeness (QED) is 0.471. The molecule has 0 amide bonds. The fourth-order valence-corrected chi connectivity index (χ4v) is 0.315. The van der Waals surface area contributed by atoms with Gasteiger partial charge in [-0.15, -0.1) is 0 Å². The number of halogens is 1. The van der Waals surface area contributed by atoms with Crippen LogP contribution in [0, 0.1) is 0 Å². The zero-order chi connectivity index (χ0) is 7.98. The smallest absolute Gasteiger partial charge is 0.149 e. The van der Waals surface area contributed by atoms with Gasteiger partial charge in [0.15, 0.2) is 0 Å². The summed E-state index contributed by atoms with van der Waals surface area (Å²) in [5.41, 5.74) is 5.75. The number of rotatable bonds is 4. The van der Waals surface area contributed by atoms with Crippen LogP contribution in [-0.2, 0) is 4.84 Å². The summed E-state index contributed by atoms with van der Waals surface area (Å²) in [5, 5.41) is 3.53. The molecule has 0 saturated carbocycles. The number of nitrogens with zero attached hydrogens (tertiary/aromatic N) is 1. The van der Waals surface area contributed by atoms with Gasteiger partial charge < -0.3 is 10.6 Å². The van der Waals surface area contributed by atoms with E-state index in [0.29, 0.717) is 0 Å². The Morgan fingerprint density at radius 2 is 2.30 bits per heavy atom. The summed E-state index contributed by atoms with van der Waals surface area (Å²) in [7, 11) is 0. The van der Waals surface area contributed by atoms with E-state index in [1.54, 1.807) is 13.8 Å². The van der Waals surface area contributed by atoms with Crippen molar-refractivity contribution in [2.45, 2.75) is 20.0 Å². The topological polar surface area (TPSA) is 47.6 Å². The van der Waals surface area contributed by atoms with E-state index < -0.39 is 6.17 Å². The van der Waals surface area contributed by atoms with E-state index in [1.165, 1.54) is 0 Å². The van der Waals surface area contributed by atoms with Crippen molar-refractivity contribution in [3.63, 3.8) is 0 Å². The molecular weight excluding hydrogens is 135 g/mol. The molecule has 2 N–H and O–H groups in total. The fraction of sp³-hybridized carbons (Fsp3) is 0.833. The van der Waals surface area contributed by atoms with Gasteiger partial charge in [0.25, 0.3) is 0 Å². The standard InChI is InChI=1S/C6H13FN2O/c1-5(2)9-10-4-6(7)3-8/h6H,3-4,8H2,1-2H3. The lowest BCUT2D eigenvalue weighted by molar-refractivity contribution is 0.0897. The van der Waals surface area contributed by atoms with E-state index in [2.05, 4.69) is 9.99 Å². The highest BCUT2D eigenvalue weighted by atomic mass is 19.1. The van der Waals surface area contributed by atoms with Gasteiger partial charge in [0, 0.05) is 6.54 Å². The molecule has 0 rings (SSSR count). The molecule has 10 heavy (non-hydrogen) atoms. The molecule has 60 valence electrons. The maximum Gasteiger partial charge on any atom is 0.149 e. The second kappa shape index (κ2) is 5.17. The molecule has 0 radical (unpaired) electrons. The minimum Gasteiger partial charge on any atom is -0.393 e. The molecule has 3 nitrogen and oxygen atoms in total. The molecule has 0 bridgehead atoms.